The Kier molecular flexibility index (Phi) is 6.44. The molecule has 1 aromatic carbocycles. The second-order valence-corrected chi connectivity index (χ2v) is 7.43. The molecule has 26 heavy (non-hydrogen) atoms. The van der Waals surface area contributed by atoms with Gasteiger partial charge in [0.2, 0.25) is 5.91 Å². The molecule has 1 amide bonds. The number of hydrogen-bond acceptors (Lipinski definition) is 5. The number of hydrogen-bond donors (Lipinski definition) is 1. The second-order valence-electron chi connectivity index (χ2n) is 6.43. The predicted octanol–water partition coefficient (Wildman–Crippen LogP) is 4.04. The fourth-order valence-corrected chi connectivity index (χ4v) is 3.48. The van der Waals surface area contributed by atoms with Crippen molar-refractivity contribution in [2.45, 2.75) is 37.6 Å². The molecule has 3 rings (SSSR count). The lowest BCUT2D eigenvalue weighted by Gasteiger charge is -2.20. The van der Waals surface area contributed by atoms with Gasteiger partial charge in [0.15, 0.2) is 5.82 Å². The van der Waals surface area contributed by atoms with Gasteiger partial charge in [-0.2, -0.15) is 0 Å². The van der Waals surface area contributed by atoms with Crippen LogP contribution in [0.1, 0.15) is 31.2 Å². The quantitative estimate of drug-likeness (QED) is 0.801. The van der Waals surface area contributed by atoms with Crippen molar-refractivity contribution in [2.75, 3.05) is 29.1 Å². The van der Waals surface area contributed by atoms with Crippen LogP contribution in [0, 0.1) is 12.7 Å². The molecule has 1 N–H and O–H groups in total. The van der Waals surface area contributed by atoms with Gasteiger partial charge in [-0.05, 0) is 49.6 Å². The fourth-order valence-electron chi connectivity index (χ4n) is 2.87. The highest BCUT2D eigenvalue weighted by Crippen LogP contribution is 2.20. The van der Waals surface area contributed by atoms with Gasteiger partial charge in [-0.3, -0.25) is 4.79 Å². The first-order valence-electron chi connectivity index (χ1n) is 8.89. The zero-order valence-electron chi connectivity index (χ0n) is 14.9. The molecule has 2 aromatic rings. The van der Waals surface area contributed by atoms with Gasteiger partial charge < -0.3 is 10.2 Å². The molecule has 1 aliphatic heterocycles. The molecular formula is C19H23FN4OS. The van der Waals surface area contributed by atoms with Crippen molar-refractivity contribution >= 4 is 29.2 Å². The van der Waals surface area contributed by atoms with E-state index in [9.17, 15) is 9.18 Å². The molecule has 0 radical (unpaired) electrons. The van der Waals surface area contributed by atoms with Gasteiger partial charge in [0.1, 0.15) is 10.8 Å². The number of benzene rings is 1. The summed E-state index contributed by atoms with van der Waals surface area (Å²) in [5.41, 5.74) is 1.01. The van der Waals surface area contributed by atoms with Crippen molar-refractivity contribution in [3.05, 3.63) is 41.7 Å². The molecule has 138 valence electrons. The molecule has 0 unspecified atom stereocenters. The lowest BCUT2D eigenvalue weighted by Crippen LogP contribution is -2.25. The van der Waals surface area contributed by atoms with Gasteiger partial charge in [0.25, 0.3) is 0 Å². The van der Waals surface area contributed by atoms with Crippen LogP contribution in [0.15, 0.2) is 35.4 Å². The number of nitrogens with one attached hydrogen (secondary N) is 1. The van der Waals surface area contributed by atoms with Crippen molar-refractivity contribution in [1.82, 2.24) is 10.2 Å². The van der Waals surface area contributed by atoms with Gasteiger partial charge in [0.05, 0.1) is 5.75 Å². The summed E-state index contributed by atoms with van der Waals surface area (Å²) in [5.74, 6) is 0.575. The lowest BCUT2D eigenvalue weighted by atomic mass is 10.2. The summed E-state index contributed by atoms with van der Waals surface area (Å²) < 4.78 is 13.5. The van der Waals surface area contributed by atoms with E-state index in [4.69, 9.17) is 0 Å². The summed E-state index contributed by atoms with van der Waals surface area (Å²) in [4.78, 5) is 14.3. The van der Waals surface area contributed by atoms with Crippen molar-refractivity contribution in [2.24, 2.45) is 0 Å². The van der Waals surface area contributed by atoms with E-state index in [-0.39, 0.29) is 17.5 Å². The Hall–Kier alpha value is -2.15. The first kappa shape index (κ1) is 18.6. The molecule has 7 heteroatoms. The molecule has 1 aliphatic rings. The summed E-state index contributed by atoms with van der Waals surface area (Å²) >= 11 is 1.32. The highest BCUT2D eigenvalue weighted by atomic mass is 32.2. The van der Waals surface area contributed by atoms with Crippen LogP contribution in [-0.2, 0) is 4.79 Å². The predicted molar refractivity (Wildman–Crippen MR) is 103 cm³/mol. The van der Waals surface area contributed by atoms with Gasteiger partial charge >= 0.3 is 0 Å². The van der Waals surface area contributed by atoms with E-state index in [1.807, 2.05) is 12.1 Å². The number of aromatic nitrogens is 2. The molecular weight excluding hydrogens is 351 g/mol. The molecule has 1 saturated heterocycles. The first-order chi connectivity index (χ1) is 12.6. The minimum Gasteiger partial charge on any atom is -0.355 e. The maximum Gasteiger partial charge on any atom is 0.234 e. The van der Waals surface area contributed by atoms with Crippen LogP contribution in [-0.4, -0.2) is 34.9 Å². The minimum absolute atomic E-state index is 0.198. The number of thioether (sulfide) groups is 1. The summed E-state index contributed by atoms with van der Waals surface area (Å²) in [5, 5.41) is 11.9. The number of amides is 1. The second kappa shape index (κ2) is 8.98. The summed E-state index contributed by atoms with van der Waals surface area (Å²) in [6, 6.07) is 8.53. The highest BCUT2D eigenvalue weighted by molar-refractivity contribution is 7.99. The van der Waals surface area contributed by atoms with Gasteiger partial charge in [-0.15, -0.1) is 10.2 Å². The Balaban J connectivity index is 1.50. The van der Waals surface area contributed by atoms with Crippen LogP contribution >= 0.6 is 11.8 Å². The molecule has 1 fully saturated rings. The normalized spacial score (nSPS) is 14.8. The number of nitrogens with zero attached hydrogens (tertiary/aromatic N) is 3. The van der Waals surface area contributed by atoms with E-state index in [0.717, 1.165) is 18.9 Å². The van der Waals surface area contributed by atoms with Crippen LogP contribution in [0.3, 0.4) is 0 Å². The van der Waals surface area contributed by atoms with Gasteiger partial charge in [-0.1, -0.05) is 30.7 Å². The number of anilines is 2. The monoisotopic (exact) mass is 374 g/mol. The number of rotatable bonds is 5. The standard InChI is InChI=1S/C19H23FN4OS/c1-14-6-7-15(12-16(14)20)21-18(25)13-26-19-9-8-17(22-23-19)24-10-4-2-3-5-11-24/h6-9,12H,2-5,10-11,13H2,1H3,(H,21,25). The molecule has 1 aromatic heterocycles. The number of carbonyl (C=O) groups excluding carboxylic acids is 1. The third-order valence-corrected chi connectivity index (χ3v) is 5.28. The van der Waals surface area contributed by atoms with E-state index < -0.39 is 0 Å². The summed E-state index contributed by atoms with van der Waals surface area (Å²) in [6.45, 7) is 3.73. The van der Waals surface area contributed by atoms with Gasteiger partial charge in [-0.25, -0.2) is 4.39 Å². The van der Waals surface area contributed by atoms with Crippen molar-refractivity contribution in [3.63, 3.8) is 0 Å². The van der Waals surface area contributed by atoms with E-state index in [1.165, 1.54) is 43.5 Å². The Morgan fingerprint density at radius 2 is 1.92 bits per heavy atom. The van der Waals surface area contributed by atoms with E-state index >= 15 is 0 Å². The number of halogens is 1. The largest absolute Gasteiger partial charge is 0.355 e. The van der Waals surface area contributed by atoms with E-state index in [2.05, 4.69) is 20.4 Å². The fraction of sp³-hybridized carbons (Fsp3) is 0.421. The highest BCUT2D eigenvalue weighted by Gasteiger charge is 2.12. The molecule has 2 heterocycles. The maximum atomic E-state index is 13.5. The topological polar surface area (TPSA) is 58.1 Å². The summed E-state index contributed by atoms with van der Waals surface area (Å²) in [7, 11) is 0. The van der Waals surface area contributed by atoms with E-state index in [0.29, 0.717) is 16.3 Å². The number of carbonyl (C=O) groups is 1. The zero-order chi connectivity index (χ0) is 18.4. The van der Waals surface area contributed by atoms with Crippen LogP contribution in [0.25, 0.3) is 0 Å². The van der Waals surface area contributed by atoms with Crippen LogP contribution in [0.4, 0.5) is 15.9 Å². The molecule has 0 bridgehead atoms. The summed E-state index contributed by atoms with van der Waals surface area (Å²) in [6.07, 6.45) is 4.94. The molecule has 0 atom stereocenters. The lowest BCUT2D eigenvalue weighted by molar-refractivity contribution is -0.113. The number of aryl methyl sites for hydroxylation is 1. The van der Waals surface area contributed by atoms with Crippen LogP contribution in [0.5, 0.6) is 0 Å². The smallest absolute Gasteiger partial charge is 0.234 e. The first-order valence-corrected chi connectivity index (χ1v) is 9.88. The zero-order valence-corrected chi connectivity index (χ0v) is 15.7. The SMILES string of the molecule is Cc1ccc(NC(=O)CSc2ccc(N3CCCCCC3)nn2)cc1F. The molecule has 0 saturated carbocycles. The Morgan fingerprint density at radius 3 is 2.58 bits per heavy atom. The maximum absolute atomic E-state index is 13.5. The van der Waals surface area contributed by atoms with Crippen molar-refractivity contribution in [1.29, 1.82) is 0 Å². The minimum atomic E-state index is -0.328. The Morgan fingerprint density at radius 1 is 1.15 bits per heavy atom. The average molecular weight is 374 g/mol. The molecule has 0 aliphatic carbocycles. The molecule has 5 nitrogen and oxygen atoms in total. The Bertz CT molecular complexity index is 746. The Labute approximate surface area is 157 Å². The third-order valence-electron chi connectivity index (χ3n) is 4.36. The van der Waals surface area contributed by atoms with Crippen molar-refractivity contribution in [3.8, 4) is 0 Å². The van der Waals surface area contributed by atoms with Crippen LogP contribution < -0.4 is 10.2 Å². The average Bonchev–Trinajstić information content (AvgIpc) is 2.93. The van der Waals surface area contributed by atoms with E-state index in [1.54, 1.807) is 19.1 Å². The molecule has 0 spiro atoms. The van der Waals surface area contributed by atoms with Gasteiger partial charge in [0, 0.05) is 18.8 Å². The van der Waals surface area contributed by atoms with Crippen LogP contribution in [0.2, 0.25) is 0 Å². The van der Waals surface area contributed by atoms with Crippen molar-refractivity contribution < 1.29 is 9.18 Å². The third kappa shape index (κ3) is 5.17.